The largest absolute Gasteiger partial charge is 0.447 e. The van der Waals surface area contributed by atoms with E-state index in [4.69, 9.17) is 4.42 Å². The first kappa shape index (κ1) is 8.46. The molecule has 0 fully saturated rings. The number of aromatic nitrogens is 1. The third-order valence-corrected chi connectivity index (χ3v) is 1.15. The molecule has 62 valence electrons. The van der Waals surface area contributed by atoms with Crippen molar-refractivity contribution in [3.05, 3.63) is 43.2 Å². The molecular formula is C9H10N2O. The first-order valence-electron chi connectivity index (χ1n) is 3.59. The average molecular weight is 162 g/mol. The molecule has 1 rings (SSSR count). The molecule has 0 aliphatic carbocycles. The Balaban J connectivity index is 2.30. The van der Waals surface area contributed by atoms with Gasteiger partial charge >= 0.3 is 0 Å². The molecule has 1 aromatic rings. The van der Waals surface area contributed by atoms with Crippen molar-refractivity contribution >= 4 is 6.21 Å². The lowest BCUT2D eigenvalue weighted by molar-refractivity contribution is 0.498. The highest BCUT2D eigenvalue weighted by molar-refractivity contribution is 5.71. The maximum absolute atomic E-state index is 4.97. The zero-order chi connectivity index (χ0) is 8.65. The van der Waals surface area contributed by atoms with Crippen LogP contribution in [-0.4, -0.2) is 11.2 Å². The van der Waals surface area contributed by atoms with Crippen molar-refractivity contribution in [2.24, 2.45) is 4.99 Å². The Labute approximate surface area is 71.2 Å². The van der Waals surface area contributed by atoms with Crippen molar-refractivity contribution in [1.29, 1.82) is 0 Å². The zero-order valence-electron chi connectivity index (χ0n) is 6.68. The maximum Gasteiger partial charge on any atom is 0.215 e. The summed E-state index contributed by atoms with van der Waals surface area (Å²) in [7, 11) is 0. The summed E-state index contributed by atoms with van der Waals surface area (Å²) in [6, 6.07) is 0. The lowest BCUT2D eigenvalue weighted by atomic mass is 10.5. The van der Waals surface area contributed by atoms with Crippen LogP contribution in [0.3, 0.4) is 0 Å². The predicted octanol–water partition coefficient (Wildman–Crippen LogP) is 1.99. The van der Waals surface area contributed by atoms with Gasteiger partial charge in [0.25, 0.3) is 0 Å². The van der Waals surface area contributed by atoms with Gasteiger partial charge in [-0.1, -0.05) is 18.7 Å². The van der Waals surface area contributed by atoms with Gasteiger partial charge < -0.3 is 4.42 Å². The minimum absolute atomic E-state index is 0.481. The van der Waals surface area contributed by atoms with Crippen LogP contribution in [0.4, 0.5) is 0 Å². The number of hydrogen-bond acceptors (Lipinski definition) is 3. The summed E-state index contributed by atoms with van der Waals surface area (Å²) >= 11 is 0. The standard InChI is InChI=1S/C9H10N2O/c1-2-3-4-5-10-8-9-11-6-7-12-9/h2-7H,1,8H2/b4-3-,10-5-. The number of hydrogen-bond donors (Lipinski definition) is 0. The van der Waals surface area contributed by atoms with Gasteiger partial charge in [-0.25, -0.2) is 4.98 Å². The van der Waals surface area contributed by atoms with Crippen LogP contribution >= 0.6 is 0 Å². The molecule has 0 saturated heterocycles. The normalized spacial score (nSPS) is 11.3. The van der Waals surface area contributed by atoms with E-state index < -0.39 is 0 Å². The van der Waals surface area contributed by atoms with Gasteiger partial charge in [-0.15, -0.1) is 0 Å². The fourth-order valence-corrected chi connectivity index (χ4v) is 0.651. The summed E-state index contributed by atoms with van der Waals surface area (Å²) in [4.78, 5) is 7.94. The van der Waals surface area contributed by atoms with Crippen LogP contribution in [-0.2, 0) is 6.54 Å². The van der Waals surface area contributed by atoms with E-state index in [0.29, 0.717) is 12.4 Å². The second-order valence-electron chi connectivity index (χ2n) is 2.04. The Morgan fingerprint density at radius 3 is 3.17 bits per heavy atom. The van der Waals surface area contributed by atoms with Gasteiger partial charge in [0.1, 0.15) is 12.8 Å². The average Bonchev–Trinajstić information content (AvgIpc) is 2.57. The SMILES string of the molecule is C=C/C=C\C=N/Cc1ncco1. The van der Waals surface area contributed by atoms with Crippen molar-refractivity contribution in [3.8, 4) is 0 Å². The molecule has 0 amide bonds. The molecule has 0 aliphatic heterocycles. The van der Waals surface area contributed by atoms with Crippen LogP contribution < -0.4 is 0 Å². The van der Waals surface area contributed by atoms with Crippen LogP contribution in [0.5, 0.6) is 0 Å². The molecule has 12 heavy (non-hydrogen) atoms. The minimum Gasteiger partial charge on any atom is -0.447 e. The Kier molecular flexibility index (Phi) is 3.57. The van der Waals surface area contributed by atoms with Gasteiger partial charge in [0, 0.05) is 6.21 Å². The Hall–Kier alpha value is -1.64. The minimum atomic E-state index is 0.481. The number of aliphatic imine (C=N–C) groups is 1. The number of rotatable bonds is 4. The van der Waals surface area contributed by atoms with Gasteiger partial charge in [0.15, 0.2) is 0 Å². The van der Waals surface area contributed by atoms with Gasteiger partial charge in [0.05, 0.1) is 6.20 Å². The Bertz CT molecular complexity index is 273. The lowest BCUT2D eigenvalue weighted by Gasteiger charge is -1.83. The summed E-state index contributed by atoms with van der Waals surface area (Å²) < 4.78 is 4.97. The third-order valence-electron chi connectivity index (χ3n) is 1.15. The molecule has 0 atom stereocenters. The molecule has 0 unspecified atom stereocenters. The van der Waals surface area contributed by atoms with Crippen molar-refractivity contribution < 1.29 is 4.42 Å². The van der Waals surface area contributed by atoms with Gasteiger partial charge in [0.2, 0.25) is 5.89 Å². The van der Waals surface area contributed by atoms with Gasteiger partial charge in [-0.2, -0.15) is 0 Å². The molecule has 3 heteroatoms. The molecule has 1 heterocycles. The second kappa shape index (κ2) is 5.07. The molecule has 0 bridgehead atoms. The molecule has 1 aromatic heterocycles. The smallest absolute Gasteiger partial charge is 0.215 e. The van der Waals surface area contributed by atoms with Crippen molar-refractivity contribution in [2.75, 3.05) is 0 Å². The zero-order valence-corrected chi connectivity index (χ0v) is 6.68. The van der Waals surface area contributed by atoms with Crippen molar-refractivity contribution in [2.45, 2.75) is 6.54 Å². The summed E-state index contributed by atoms with van der Waals surface area (Å²) in [6.45, 7) is 4.01. The van der Waals surface area contributed by atoms with Crippen LogP contribution in [0.25, 0.3) is 0 Å². The number of oxazole rings is 1. The Morgan fingerprint density at radius 1 is 1.58 bits per heavy atom. The monoisotopic (exact) mass is 162 g/mol. The van der Waals surface area contributed by atoms with E-state index in [1.807, 2.05) is 0 Å². The van der Waals surface area contributed by atoms with E-state index in [0.717, 1.165) is 0 Å². The molecule has 3 nitrogen and oxygen atoms in total. The molecule has 0 saturated carbocycles. The van der Waals surface area contributed by atoms with Crippen molar-refractivity contribution in [1.82, 2.24) is 4.98 Å². The number of nitrogens with zero attached hydrogens (tertiary/aromatic N) is 2. The predicted molar refractivity (Wildman–Crippen MR) is 48.0 cm³/mol. The van der Waals surface area contributed by atoms with E-state index in [2.05, 4.69) is 16.6 Å². The van der Waals surface area contributed by atoms with E-state index in [9.17, 15) is 0 Å². The van der Waals surface area contributed by atoms with E-state index in [1.54, 1.807) is 30.6 Å². The highest BCUT2D eigenvalue weighted by Crippen LogP contribution is 1.94. The molecule has 0 radical (unpaired) electrons. The van der Waals surface area contributed by atoms with Crippen LogP contribution in [0.2, 0.25) is 0 Å². The first-order chi connectivity index (χ1) is 5.93. The molecule has 0 aromatic carbocycles. The third kappa shape index (κ3) is 2.96. The molecular weight excluding hydrogens is 152 g/mol. The van der Waals surface area contributed by atoms with Gasteiger partial charge in [-0.3, -0.25) is 4.99 Å². The summed E-state index contributed by atoms with van der Waals surface area (Å²) in [5, 5.41) is 0. The van der Waals surface area contributed by atoms with Crippen LogP contribution in [0.15, 0.2) is 46.7 Å². The highest BCUT2D eigenvalue weighted by Gasteiger charge is 1.90. The Morgan fingerprint density at radius 2 is 2.50 bits per heavy atom. The fraction of sp³-hybridized carbons (Fsp3) is 0.111. The molecule has 0 aliphatic rings. The number of allylic oxidation sites excluding steroid dienone is 3. The van der Waals surface area contributed by atoms with Crippen molar-refractivity contribution in [3.63, 3.8) is 0 Å². The van der Waals surface area contributed by atoms with E-state index >= 15 is 0 Å². The maximum atomic E-state index is 4.97. The van der Waals surface area contributed by atoms with E-state index in [-0.39, 0.29) is 0 Å². The summed E-state index contributed by atoms with van der Waals surface area (Å²) in [5.74, 6) is 0.623. The van der Waals surface area contributed by atoms with E-state index in [1.165, 1.54) is 6.26 Å². The lowest BCUT2D eigenvalue weighted by Crippen LogP contribution is -1.79. The molecule has 0 N–H and O–H groups in total. The van der Waals surface area contributed by atoms with Crippen LogP contribution in [0.1, 0.15) is 5.89 Å². The highest BCUT2D eigenvalue weighted by atomic mass is 16.3. The summed E-state index contributed by atoms with van der Waals surface area (Å²) in [5.41, 5.74) is 0. The summed E-state index contributed by atoms with van der Waals surface area (Å²) in [6.07, 6.45) is 10.1. The first-order valence-corrected chi connectivity index (χ1v) is 3.59. The quantitative estimate of drug-likeness (QED) is 0.501. The van der Waals surface area contributed by atoms with Crippen LogP contribution in [0, 0.1) is 0 Å². The fourth-order valence-electron chi connectivity index (χ4n) is 0.651. The topological polar surface area (TPSA) is 38.4 Å². The van der Waals surface area contributed by atoms with Gasteiger partial charge in [-0.05, 0) is 6.08 Å². The molecule has 0 spiro atoms. The second-order valence-corrected chi connectivity index (χ2v) is 2.04.